The lowest BCUT2D eigenvalue weighted by Crippen LogP contribution is -2.41. The van der Waals surface area contributed by atoms with Gasteiger partial charge in [-0.1, -0.05) is 12.1 Å². The van der Waals surface area contributed by atoms with Crippen LogP contribution in [0.15, 0.2) is 30.0 Å². The molecule has 1 N–H and O–H groups in total. The van der Waals surface area contributed by atoms with E-state index in [9.17, 15) is 14.7 Å². The average Bonchev–Trinajstić information content (AvgIpc) is 2.96. The fourth-order valence-corrected chi connectivity index (χ4v) is 3.68. The van der Waals surface area contributed by atoms with Crippen molar-refractivity contribution in [1.82, 2.24) is 9.80 Å². The summed E-state index contributed by atoms with van der Waals surface area (Å²) in [4.78, 5) is 29.4. The second-order valence-corrected chi connectivity index (χ2v) is 6.84. The molecule has 0 aromatic heterocycles. The van der Waals surface area contributed by atoms with Crippen molar-refractivity contribution in [2.45, 2.75) is 12.8 Å². The number of aliphatic hydroxyl groups is 1. The van der Waals surface area contributed by atoms with E-state index in [-0.39, 0.29) is 30.9 Å². The summed E-state index contributed by atoms with van der Waals surface area (Å²) in [5.41, 5.74) is 1.53. The van der Waals surface area contributed by atoms with E-state index in [0.29, 0.717) is 42.3 Å². The van der Waals surface area contributed by atoms with E-state index < -0.39 is 0 Å². The van der Waals surface area contributed by atoms with Gasteiger partial charge in [-0.2, -0.15) is 0 Å². The third-order valence-electron chi connectivity index (χ3n) is 5.13. The van der Waals surface area contributed by atoms with Gasteiger partial charge in [0.25, 0.3) is 11.8 Å². The van der Waals surface area contributed by atoms with E-state index in [1.165, 1.54) is 4.90 Å². The normalized spacial score (nSPS) is 20.6. The Labute approximate surface area is 159 Å². The molecular weight excluding hydrogens is 348 g/mol. The average molecular weight is 374 g/mol. The minimum Gasteiger partial charge on any atom is -0.497 e. The number of carbonyl (C=O) groups excluding carboxylic acids is 2. The van der Waals surface area contributed by atoms with Crippen LogP contribution in [0.3, 0.4) is 0 Å². The van der Waals surface area contributed by atoms with Gasteiger partial charge in [0.15, 0.2) is 0 Å². The third-order valence-corrected chi connectivity index (χ3v) is 5.13. The molecule has 2 amide bonds. The Kier molecular flexibility index (Phi) is 6.13. The van der Waals surface area contributed by atoms with Crippen molar-refractivity contribution >= 4 is 17.4 Å². The molecular formula is C20H26N2O5. The fraction of sp³-hybridized carbons (Fsp3) is 0.500. The van der Waals surface area contributed by atoms with Gasteiger partial charge in [-0.05, 0) is 36.5 Å². The standard InChI is InChI=1S/C20H26N2O5/c1-26-11-10-22-19(24)17(15-5-7-16(27-2)8-6-15)18(20(22)25)21-9-3-4-14(12-21)13-23/h5-8,14,23H,3-4,9-13H2,1-2H3. The highest BCUT2D eigenvalue weighted by atomic mass is 16.5. The Balaban J connectivity index is 2.00. The van der Waals surface area contributed by atoms with Crippen molar-refractivity contribution in [3.63, 3.8) is 0 Å². The molecule has 7 nitrogen and oxygen atoms in total. The number of ether oxygens (including phenoxy) is 2. The van der Waals surface area contributed by atoms with Crippen molar-refractivity contribution in [1.29, 1.82) is 0 Å². The number of hydrogen-bond acceptors (Lipinski definition) is 6. The van der Waals surface area contributed by atoms with Crippen molar-refractivity contribution in [3.05, 3.63) is 35.5 Å². The number of nitrogens with zero attached hydrogens (tertiary/aromatic N) is 2. The van der Waals surface area contributed by atoms with Crippen LogP contribution < -0.4 is 4.74 Å². The molecule has 1 saturated heterocycles. The van der Waals surface area contributed by atoms with Crippen LogP contribution in [0.25, 0.3) is 5.57 Å². The Bertz CT molecular complexity index is 728. The number of imide groups is 1. The van der Waals surface area contributed by atoms with Gasteiger partial charge in [0.1, 0.15) is 11.4 Å². The molecule has 0 aliphatic carbocycles. The number of carbonyl (C=O) groups is 2. The molecule has 7 heteroatoms. The summed E-state index contributed by atoms with van der Waals surface area (Å²) >= 11 is 0. The Morgan fingerprint density at radius 3 is 2.52 bits per heavy atom. The number of methoxy groups -OCH3 is 2. The predicted molar refractivity (Wildman–Crippen MR) is 99.9 cm³/mol. The quantitative estimate of drug-likeness (QED) is 0.721. The zero-order valence-electron chi connectivity index (χ0n) is 15.8. The summed E-state index contributed by atoms with van der Waals surface area (Å²) in [5.74, 6) is 0.205. The van der Waals surface area contributed by atoms with E-state index in [0.717, 1.165) is 12.8 Å². The van der Waals surface area contributed by atoms with Gasteiger partial charge < -0.3 is 19.5 Å². The highest BCUT2D eigenvalue weighted by Gasteiger charge is 2.42. The third kappa shape index (κ3) is 3.84. The minimum absolute atomic E-state index is 0.0805. The predicted octanol–water partition coefficient (Wildman–Crippen LogP) is 1.13. The first-order chi connectivity index (χ1) is 13.1. The molecule has 27 heavy (non-hydrogen) atoms. The first-order valence-corrected chi connectivity index (χ1v) is 9.20. The van der Waals surface area contributed by atoms with Crippen LogP contribution in [-0.2, 0) is 14.3 Å². The molecule has 1 aromatic carbocycles. The van der Waals surface area contributed by atoms with E-state index in [2.05, 4.69) is 0 Å². The summed E-state index contributed by atoms with van der Waals surface area (Å²) < 4.78 is 10.3. The van der Waals surface area contributed by atoms with Gasteiger partial charge >= 0.3 is 0 Å². The number of benzene rings is 1. The maximum atomic E-state index is 13.1. The molecule has 1 fully saturated rings. The molecule has 1 unspecified atom stereocenters. The van der Waals surface area contributed by atoms with Crippen LogP contribution in [0.2, 0.25) is 0 Å². The largest absolute Gasteiger partial charge is 0.497 e. The van der Waals surface area contributed by atoms with Crippen molar-refractivity contribution in [2.75, 3.05) is 47.1 Å². The number of rotatable bonds is 7. The second kappa shape index (κ2) is 8.54. The Hall–Kier alpha value is -2.38. The Morgan fingerprint density at radius 2 is 1.89 bits per heavy atom. The fourth-order valence-electron chi connectivity index (χ4n) is 3.68. The van der Waals surface area contributed by atoms with Crippen LogP contribution in [0, 0.1) is 5.92 Å². The van der Waals surface area contributed by atoms with Crippen LogP contribution in [0.5, 0.6) is 5.75 Å². The molecule has 146 valence electrons. The molecule has 2 aliphatic heterocycles. The summed E-state index contributed by atoms with van der Waals surface area (Å²) in [7, 11) is 3.12. The van der Waals surface area contributed by atoms with Gasteiger partial charge in [-0.15, -0.1) is 0 Å². The lowest BCUT2D eigenvalue weighted by Gasteiger charge is -2.34. The zero-order valence-corrected chi connectivity index (χ0v) is 15.8. The monoisotopic (exact) mass is 374 g/mol. The molecule has 1 aromatic rings. The smallest absolute Gasteiger partial charge is 0.277 e. The second-order valence-electron chi connectivity index (χ2n) is 6.84. The summed E-state index contributed by atoms with van der Waals surface area (Å²) in [6, 6.07) is 7.16. The van der Waals surface area contributed by atoms with E-state index in [1.54, 1.807) is 38.5 Å². The number of hydrogen-bond donors (Lipinski definition) is 1. The van der Waals surface area contributed by atoms with Crippen molar-refractivity contribution < 1.29 is 24.2 Å². The number of aliphatic hydroxyl groups excluding tert-OH is 1. The number of likely N-dealkylation sites (tertiary alicyclic amines) is 1. The number of amides is 2. The molecule has 0 bridgehead atoms. The molecule has 3 rings (SSSR count). The maximum Gasteiger partial charge on any atom is 0.277 e. The summed E-state index contributed by atoms with van der Waals surface area (Å²) in [5, 5.41) is 9.54. The molecule has 0 saturated carbocycles. The van der Waals surface area contributed by atoms with Crippen LogP contribution >= 0.6 is 0 Å². The van der Waals surface area contributed by atoms with Crippen LogP contribution in [-0.4, -0.2) is 73.8 Å². The van der Waals surface area contributed by atoms with Crippen molar-refractivity contribution in [3.8, 4) is 5.75 Å². The first-order valence-electron chi connectivity index (χ1n) is 9.20. The van der Waals surface area contributed by atoms with Gasteiger partial charge in [-0.25, -0.2) is 0 Å². The topological polar surface area (TPSA) is 79.3 Å². The molecule has 0 radical (unpaired) electrons. The molecule has 2 aliphatic rings. The highest BCUT2D eigenvalue weighted by molar-refractivity contribution is 6.35. The number of piperidine rings is 1. The molecule has 0 spiro atoms. The molecule has 2 heterocycles. The lowest BCUT2D eigenvalue weighted by molar-refractivity contribution is -0.138. The lowest BCUT2D eigenvalue weighted by atomic mass is 9.97. The summed E-state index contributed by atoms with van der Waals surface area (Å²) in [6.45, 7) is 1.86. The minimum atomic E-state index is -0.302. The van der Waals surface area contributed by atoms with Crippen LogP contribution in [0.1, 0.15) is 18.4 Å². The SMILES string of the molecule is COCCN1C(=O)C(c2ccc(OC)cc2)=C(N2CCCC(CO)C2)C1=O. The highest BCUT2D eigenvalue weighted by Crippen LogP contribution is 2.34. The van der Waals surface area contributed by atoms with E-state index in [1.807, 2.05) is 4.90 Å². The van der Waals surface area contributed by atoms with Gasteiger partial charge in [-0.3, -0.25) is 14.5 Å². The van der Waals surface area contributed by atoms with E-state index >= 15 is 0 Å². The summed E-state index contributed by atoms with van der Waals surface area (Å²) in [6.07, 6.45) is 1.80. The van der Waals surface area contributed by atoms with Gasteiger partial charge in [0.2, 0.25) is 0 Å². The maximum absolute atomic E-state index is 13.1. The van der Waals surface area contributed by atoms with Crippen molar-refractivity contribution in [2.24, 2.45) is 5.92 Å². The Morgan fingerprint density at radius 1 is 1.15 bits per heavy atom. The first kappa shape index (κ1) is 19.4. The van der Waals surface area contributed by atoms with E-state index in [4.69, 9.17) is 9.47 Å². The van der Waals surface area contributed by atoms with Gasteiger partial charge in [0, 0.05) is 26.8 Å². The van der Waals surface area contributed by atoms with Gasteiger partial charge in [0.05, 0.1) is 25.8 Å². The molecule has 1 atom stereocenters. The van der Waals surface area contributed by atoms with Crippen LogP contribution in [0.4, 0.5) is 0 Å². The zero-order chi connectivity index (χ0) is 19.4.